The number of aromatic nitrogens is 3. The normalized spacial score (nSPS) is 14.4. The lowest BCUT2D eigenvalue weighted by Crippen LogP contribution is -2.33. The standard InChI is InChI=1S/C23H32N8/c1-2-3-10-22-25-21(9-6-15-24)28-31(22)16-17-11-13-18(14-12-17)19-7-4-5-8-20(19)23-26-29-30-27-23/h4-5,7-8,11-14,23,26-27,29-30H,2-3,6,9-10,15-16,24H2,1H3. The van der Waals surface area contributed by atoms with Crippen molar-refractivity contribution in [3.05, 3.63) is 71.3 Å². The van der Waals surface area contributed by atoms with Crippen LogP contribution in [0.5, 0.6) is 0 Å². The maximum Gasteiger partial charge on any atom is 0.151 e. The smallest absolute Gasteiger partial charge is 0.151 e. The maximum absolute atomic E-state index is 5.66. The lowest BCUT2D eigenvalue weighted by Gasteiger charge is -2.15. The molecule has 1 aliphatic heterocycles. The molecule has 0 unspecified atom stereocenters. The van der Waals surface area contributed by atoms with E-state index < -0.39 is 0 Å². The van der Waals surface area contributed by atoms with Crippen LogP contribution in [0.2, 0.25) is 0 Å². The first-order valence-electron chi connectivity index (χ1n) is 11.1. The summed E-state index contributed by atoms with van der Waals surface area (Å²) >= 11 is 0. The van der Waals surface area contributed by atoms with Gasteiger partial charge in [0.2, 0.25) is 0 Å². The van der Waals surface area contributed by atoms with E-state index >= 15 is 0 Å². The van der Waals surface area contributed by atoms with Crippen LogP contribution in [0.15, 0.2) is 48.5 Å². The van der Waals surface area contributed by atoms with Crippen LogP contribution in [-0.2, 0) is 19.4 Å². The van der Waals surface area contributed by atoms with E-state index in [2.05, 4.69) is 82.1 Å². The number of rotatable bonds is 10. The van der Waals surface area contributed by atoms with E-state index in [9.17, 15) is 0 Å². The third kappa shape index (κ3) is 5.36. The average Bonchev–Trinajstić information content (AvgIpc) is 3.47. The minimum atomic E-state index is -0.000842. The minimum absolute atomic E-state index is 0.000842. The fourth-order valence-corrected chi connectivity index (χ4v) is 3.82. The second-order valence-electron chi connectivity index (χ2n) is 7.85. The van der Waals surface area contributed by atoms with E-state index in [4.69, 9.17) is 15.8 Å². The van der Waals surface area contributed by atoms with E-state index in [0.717, 1.165) is 50.3 Å². The maximum atomic E-state index is 5.66. The zero-order chi connectivity index (χ0) is 21.5. The second-order valence-corrected chi connectivity index (χ2v) is 7.85. The van der Waals surface area contributed by atoms with Crippen LogP contribution < -0.4 is 27.7 Å². The van der Waals surface area contributed by atoms with Gasteiger partial charge in [-0.1, -0.05) is 61.9 Å². The topological polar surface area (TPSA) is 105 Å². The molecule has 1 saturated heterocycles. The Hall–Kier alpha value is -2.62. The third-order valence-corrected chi connectivity index (χ3v) is 5.52. The van der Waals surface area contributed by atoms with E-state index in [0.29, 0.717) is 6.54 Å². The fourth-order valence-electron chi connectivity index (χ4n) is 3.82. The molecule has 2 aromatic carbocycles. The van der Waals surface area contributed by atoms with Gasteiger partial charge in [-0.25, -0.2) is 20.5 Å². The summed E-state index contributed by atoms with van der Waals surface area (Å²) in [4.78, 5) is 4.77. The summed E-state index contributed by atoms with van der Waals surface area (Å²) in [5, 5.41) is 4.76. The number of unbranched alkanes of at least 4 members (excludes halogenated alkanes) is 1. The van der Waals surface area contributed by atoms with Crippen molar-refractivity contribution in [2.45, 2.75) is 51.7 Å². The molecule has 0 spiro atoms. The van der Waals surface area contributed by atoms with Crippen molar-refractivity contribution in [2.75, 3.05) is 6.54 Å². The van der Waals surface area contributed by atoms with Crippen molar-refractivity contribution < 1.29 is 0 Å². The Labute approximate surface area is 183 Å². The van der Waals surface area contributed by atoms with Gasteiger partial charge in [0.1, 0.15) is 12.0 Å². The molecule has 8 heteroatoms. The monoisotopic (exact) mass is 420 g/mol. The molecule has 0 amide bonds. The van der Waals surface area contributed by atoms with Crippen molar-refractivity contribution in [3.8, 4) is 11.1 Å². The van der Waals surface area contributed by atoms with E-state index in [1.807, 2.05) is 0 Å². The van der Waals surface area contributed by atoms with Gasteiger partial charge in [0, 0.05) is 12.8 Å². The first-order chi connectivity index (χ1) is 15.3. The minimum Gasteiger partial charge on any atom is -0.330 e. The van der Waals surface area contributed by atoms with Crippen LogP contribution in [-0.4, -0.2) is 21.3 Å². The lowest BCUT2D eigenvalue weighted by molar-refractivity contribution is 0.556. The van der Waals surface area contributed by atoms with Crippen LogP contribution in [0.25, 0.3) is 11.1 Å². The van der Waals surface area contributed by atoms with Gasteiger partial charge in [-0.2, -0.15) is 16.2 Å². The van der Waals surface area contributed by atoms with Crippen LogP contribution in [0.3, 0.4) is 0 Å². The molecule has 8 nitrogen and oxygen atoms in total. The number of hydrogen-bond donors (Lipinski definition) is 5. The molecule has 31 heavy (non-hydrogen) atoms. The number of aryl methyl sites for hydroxylation is 2. The number of nitrogens with zero attached hydrogens (tertiary/aromatic N) is 3. The molecule has 0 aliphatic carbocycles. The highest BCUT2D eigenvalue weighted by atomic mass is 15.8. The Morgan fingerprint density at radius 2 is 1.74 bits per heavy atom. The van der Waals surface area contributed by atoms with Gasteiger partial charge in [0.05, 0.1) is 6.54 Å². The molecule has 4 rings (SSSR count). The molecule has 0 saturated carbocycles. The molecule has 2 heterocycles. The summed E-state index contributed by atoms with van der Waals surface area (Å²) in [5.74, 6) is 1.97. The largest absolute Gasteiger partial charge is 0.330 e. The zero-order valence-electron chi connectivity index (χ0n) is 18.1. The number of benzene rings is 2. The van der Waals surface area contributed by atoms with Gasteiger partial charge in [0.15, 0.2) is 5.82 Å². The Morgan fingerprint density at radius 3 is 2.48 bits per heavy atom. The Bertz CT molecular complexity index is 960. The summed E-state index contributed by atoms with van der Waals surface area (Å²) in [6.45, 7) is 3.60. The number of hydrazine groups is 3. The van der Waals surface area contributed by atoms with Crippen molar-refractivity contribution in [2.24, 2.45) is 5.73 Å². The van der Waals surface area contributed by atoms with Gasteiger partial charge < -0.3 is 5.73 Å². The fraction of sp³-hybridized carbons (Fsp3) is 0.391. The van der Waals surface area contributed by atoms with Crippen molar-refractivity contribution in [1.29, 1.82) is 0 Å². The molecule has 1 fully saturated rings. The van der Waals surface area contributed by atoms with Crippen LogP contribution in [0, 0.1) is 0 Å². The highest BCUT2D eigenvalue weighted by molar-refractivity contribution is 5.68. The van der Waals surface area contributed by atoms with Crippen molar-refractivity contribution >= 4 is 0 Å². The average molecular weight is 421 g/mol. The van der Waals surface area contributed by atoms with Crippen LogP contribution in [0.4, 0.5) is 0 Å². The van der Waals surface area contributed by atoms with Gasteiger partial charge >= 0.3 is 0 Å². The summed E-state index contributed by atoms with van der Waals surface area (Å²) in [7, 11) is 0. The second kappa shape index (κ2) is 10.6. The molecule has 3 aromatic rings. The molecule has 1 aliphatic rings. The van der Waals surface area contributed by atoms with Gasteiger partial charge in [-0.3, -0.25) is 0 Å². The molecule has 0 bridgehead atoms. The SMILES string of the molecule is CCCCc1nc(CCCN)nn1Cc1ccc(-c2ccccc2C2NNNN2)cc1. The molecule has 0 radical (unpaired) electrons. The summed E-state index contributed by atoms with van der Waals surface area (Å²) in [5.41, 5.74) is 22.5. The highest BCUT2D eigenvalue weighted by Gasteiger charge is 2.18. The molecule has 0 atom stereocenters. The predicted octanol–water partition coefficient (Wildman–Crippen LogP) is 2.34. The van der Waals surface area contributed by atoms with Gasteiger partial charge in [-0.05, 0) is 41.6 Å². The van der Waals surface area contributed by atoms with Crippen molar-refractivity contribution in [1.82, 2.24) is 36.7 Å². The van der Waals surface area contributed by atoms with E-state index in [1.54, 1.807) is 0 Å². The number of hydrogen-bond acceptors (Lipinski definition) is 7. The Morgan fingerprint density at radius 1 is 0.968 bits per heavy atom. The molecule has 1 aromatic heterocycles. The molecule has 6 N–H and O–H groups in total. The molecular weight excluding hydrogens is 388 g/mol. The number of nitrogens with one attached hydrogen (secondary N) is 4. The molecular formula is C23H32N8. The van der Waals surface area contributed by atoms with Crippen LogP contribution in [0.1, 0.15) is 55.1 Å². The Kier molecular flexibility index (Phi) is 7.39. The summed E-state index contributed by atoms with van der Waals surface area (Å²) in [6.07, 6.45) is 4.99. The quantitative estimate of drug-likeness (QED) is 0.343. The van der Waals surface area contributed by atoms with Gasteiger partial charge in [-0.15, -0.1) is 0 Å². The Balaban J connectivity index is 1.52. The van der Waals surface area contributed by atoms with E-state index in [1.165, 1.54) is 22.3 Å². The molecule has 164 valence electrons. The highest BCUT2D eigenvalue weighted by Crippen LogP contribution is 2.28. The first kappa shape index (κ1) is 21.6. The van der Waals surface area contributed by atoms with Crippen LogP contribution >= 0.6 is 0 Å². The van der Waals surface area contributed by atoms with Gasteiger partial charge in [0.25, 0.3) is 0 Å². The summed E-state index contributed by atoms with van der Waals surface area (Å²) < 4.78 is 2.06. The number of nitrogens with two attached hydrogens (primary N) is 1. The van der Waals surface area contributed by atoms with Crippen molar-refractivity contribution in [3.63, 3.8) is 0 Å². The lowest BCUT2D eigenvalue weighted by atomic mass is 9.97. The van der Waals surface area contributed by atoms with E-state index in [-0.39, 0.29) is 6.17 Å². The zero-order valence-corrected chi connectivity index (χ0v) is 18.1. The third-order valence-electron chi connectivity index (χ3n) is 5.52. The predicted molar refractivity (Wildman–Crippen MR) is 122 cm³/mol. The summed E-state index contributed by atoms with van der Waals surface area (Å²) in [6, 6.07) is 17.1. The first-order valence-corrected chi connectivity index (χ1v) is 11.1.